The highest BCUT2D eigenvalue weighted by Gasteiger charge is 2.26. The van der Waals surface area contributed by atoms with Gasteiger partial charge in [-0.1, -0.05) is 195 Å². The second-order valence-electron chi connectivity index (χ2n) is 19.3. The average molecular weight is 907 g/mol. The monoisotopic (exact) mass is 906 g/mol. The number of piperazine rings is 1. The van der Waals surface area contributed by atoms with Gasteiger partial charge in [-0.3, -0.25) is 19.4 Å². The molecule has 0 aromatic carbocycles. The van der Waals surface area contributed by atoms with Crippen LogP contribution in [-0.4, -0.2) is 141 Å². The number of hydrogen-bond acceptors (Lipinski definition) is 7. The maximum Gasteiger partial charge on any atom is 0.236 e. The van der Waals surface area contributed by atoms with E-state index in [1.165, 1.54) is 199 Å². The van der Waals surface area contributed by atoms with E-state index in [1.54, 1.807) is 7.11 Å². The Hall–Kier alpha value is -1.55. The summed E-state index contributed by atoms with van der Waals surface area (Å²) >= 11 is 0. The Morgan fingerprint density at radius 2 is 0.672 bits per heavy atom. The van der Waals surface area contributed by atoms with Crippen LogP contribution in [0.25, 0.3) is 0 Å². The fourth-order valence-electron chi connectivity index (χ4n) is 8.83. The number of aldehydes is 1. The molecule has 380 valence electrons. The van der Waals surface area contributed by atoms with Crippen LogP contribution in [0.3, 0.4) is 0 Å². The van der Waals surface area contributed by atoms with Crippen molar-refractivity contribution in [3.05, 3.63) is 0 Å². The summed E-state index contributed by atoms with van der Waals surface area (Å²) in [6.45, 7) is 22.7. The molecule has 1 saturated heterocycles. The lowest BCUT2D eigenvalue weighted by molar-refractivity contribution is -0.140. The fraction of sp³-hybridized carbons (Fsp3) is 0.945. The number of hydrogen-bond donors (Lipinski definition) is 0. The van der Waals surface area contributed by atoms with Gasteiger partial charge in [-0.25, -0.2) is 0 Å². The normalized spacial score (nSPS) is 13.0. The molecular formula is C55H111N5O4. The number of methoxy groups -OCH3 is 1. The van der Waals surface area contributed by atoms with E-state index in [9.17, 15) is 14.4 Å². The van der Waals surface area contributed by atoms with Crippen LogP contribution in [0.5, 0.6) is 0 Å². The highest BCUT2D eigenvalue weighted by Crippen LogP contribution is 2.14. The minimum atomic E-state index is 0.170. The molecule has 9 heteroatoms. The number of rotatable bonds is 46. The number of carbonyl (C=O) groups excluding carboxylic acids is 3. The fourth-order valence-corrected chi connectivity index (χ4v) is 8.83. The first-order valence-corrected chi connectivity index (χ1v) is 28.0. The maximum absolute atomic E-state index is 13.8. The Bertz CT molecular complexity index is 990. The highest BCUT2D eigenvalue weighted by atomic mass is 16.5. The molecule has 0 radical (unpaired) electrons. The van der Waals surface area contributed by atoms with Crippen LogP contribution >= 0.6 is 0 Å². The molecule has 0 aromatic heterocycles. The molecule has 0 aliphatic carbocycles. The van der Waals surface area contributed by atoms with Gasteiger partial charge < -0.3 is 24.2 Å². The zero-order chi connectivity index (χ0) is 47.0. The molecule has 0 aromatic rings. The molecule has 0 saturated carbocycles. The van der Waals surface area contributed by atoms with Gasteiger partial charge >= 0.3 is 0 Å². The predicted molar refractivity (Wildman–Crippen MR) is 277 cm³/mol. The molecule has 0 N–H and O–H groups in total. The van der Waals surface area contributed by atoms with Gasteiger partial charge in [0.1, 0.15) is 6.29 Å². The third-order valence-electron chi connectivity index (χ3n) is 13.2. The number of ether oxygens (including phenoxy) is 1. The van der Waals surface area contributed by atoms with Crippen molar-refractivity contribution in [2.45, 2.75) is 240 Å². The molecule has 9 nitrogen and oxygen atoms in total. The van der Waals surface area contributed by atoms with Crippen LogP contribution in [0.1, 0.15) is 240 Å². The Kier molecular flexibility index (Phi) is 48.2. The van der Waals surface area contributed by atoms with Gasteiger partial charge in [0.2, 0.25) is 11.8 Å². The van der Waals surface area contributed by atoms with Crippen molar-refractivity contribution >= 4 is 18.1 Å². The smallest absolute Gasteiger partial charge is 0.236 e. The molecule has 1 aliphatic heterocycles. The van der Waals surface area contributed by atoms with E-state index < -0.39 is 0 Å². The lowest BCUT2D eigenvalue weighted by Crippen LogP contribution is -2.54. The predicted octanol–water partition coefficient (Wildman–Crippen LogP) is 13.0. The standard InChI is InChI=1S/C49H97N5O3.C6H14O/c1-5-9-13-17-21-25-29-35-50(34-28-24-20-16-12-8-4)39-40-52(37-31-27-23-19-15-11-7-3)47-49(57)54-43-41-53(42-44-54)48(56)46-51(38-32-33-45-55)36-30-26-22-18-14-10-6-2;1-3-4-5-6-7-2/h45H,5-44,46-47H2,1-4H3;3-6H2,1-2H3. The van der Waals surface area contributed by atoms with E-state index in [0.29, 0.717) is 45.7 Å². The molecule has 2 amide bonds. The largest absolute Gasteiger partial charge is 0.385 e. The zero-order valence-electron chi connectivity index (χ0n) is 44.0. The molecule has 0 atom stereocenters. The molecule has 64 heavy (non-hydrogen) atoms. The van der Waals surface area contributed by atoms with Gasteiger partial charge in [0, 0.05) is 59.4 Å². The minimum Gasteiger partial charge on any atom is -0.385 e. The molecule has 1 fully saturated rings. The summed E-state index contributed by atoms with van der Waals surface area (Å²) in [5.41, 5.74) is 0. The van der Waals surface area contributed by atoms with Gasteiger partial charge in [0.15, 0.2) is 0 Å². The van der Waals surface area contributed by atoms with Crippen LogP contribution in [-0.2, 0) is 19.1 Å². The highest BCUT2D eigenvalue weighted by molar-refractivity contribution is 5.80. The van der Waals surface area contributed by atoms with E-state index in [-0.39, 0.29) is 11.8 Å². The molecule has 0 bridgehead atoms. The summed E-state index contributed by atoms with van der Waals surface area (Å²) in [6, 6.07) is 0. The Balaban J connectivity index is 0.00000520. The molecule has 1 rings (SSSR count). The van der Waals surface area contributed by atoms with E-state index in [0.717, 1.165) is 58.5 Å². The number of amides is 2. The van der Waals surface area contributed by atoms with Gasteiger partial charge in [-0.15, -0.1) is 0 Å². The molecule has 0 spiro atoms. The lowest BCUT2D eigenvalue weighted by atomic mass is 10.1. The van der Waals surface area contributed by atoms with Gasteiger partial charge in [0.25, 0.3) is 0 Å². The minimum absolute atomic E-state index is 0.170. The first-order valence-electron chi connectivity index (χ1n) is 28.0. The Morgan fingerprint density at radius 3 is 1.02 bits per heavy atom. The molecule has 1 heterocycles. The van der Waals surface area contributed by atoms with Crippen molar-refractivity contribution in [1.82, 2.24) is 24.5 Å². The van der Waals surface area contributed by atoms with Crippen molar-refractivity contribution in [1.29, 1.82) is 0 Å². The number of nitrogens with zero attached hydrogens (tertiary/aromatic N) is 5. The second kappa shape index (κ2) is 49.4. The van der Waals surface area contributed by atoms with E-state index >= 15 is 0 Å². The van der Waals surface area contributed by atoms with Gasteiger partial charge in [0.05, 0.1) is 13.1 Å². The van der Waals surface area contributed by atoms with Crippen LogP contribution in [0, 0.1) is 0 Å². The van der Waals surface area contributed by atoms with Gasteiger partial charge in [-0.05, 0) is 71.2 Å². The zero-order valence-corrected chi connectivity index (χ0v) is 44.0. The third-order valence-corrected chi connectivity index (χ3v) is 13.2. The average Bonchev–Trinajstić information content (AvgIpc) is 3.30. The quantitative estimate of drug-likeness (QED) is 0.0445. The summed E-state index contributed by atoms with van der Waals surface area (Å²) in [4.78, 5) is 49.7. The lowest BCUT2D eigenvalue weighted by Gasteiger charge is -2.37. The van der Waals surface area contributed by atoms with E-state index in [2.05, 4.69) is 49.3 Å². The molecular weight excluding hydrogens is 795 g/mol. The number of unbranched alkanes of at least 4 members (excludes halogenated alkanes) is 26. The van der Waals surface area contributed by atoms with Crippen LogP contribution in [0.4, 0.5) is 0 Å². The second-order valence-corrected chi connectivity index (χ2v) is 19.3. The van der Waals surface area contributed by atoms with Crippen molar-refractivity contribution in [2.75, 3.05) is 98.8 Å². The van der Waals surface area contributed by atoms with Crippen LogP contribution < -0.4 is 0 Å². The van der Waals surface area contributed by atoms with Crippen LogP contribution in [0.15, 0.2) is 0 Å². The SMILES string of the molecule is CCCCCCCCCN(CCCCCCCC)CCN(CCCCCCCCC)CC(=O)N1CCN(C(=O)CN(CCCC=O)CCCCCCCCC)CC1.CCCCCOC. The summed E-state index contributed by atoms with van der Waals surface area (Å²) in [5.74, 6) is 0.400. The van der Waals surface area contributed by atoms with Crippen molar-refractivity contribution in [3.8, 4) is 0 Å². The van der Waals surface area contributed by atoms with Crippen LogP contribution in [0.2, 0.25) is 0 Å². The van der Waals surface area contributed by atoms with Crippen molar-refractivity contribution < 1.29 is 19.1 Å². The number of carbonyl (C=O) groups is 3. The van der Waals surface area contributed by atoms with Gasteiger partial charge in [-0.2, -0.15) is 0 Å². The molecule has 1 aliphatic rings. The Labute approximate surface area is 399 Å². The third kappa shape index (κ3) is 39.6. The Morgan fingerprint density at radius 1 is 0.391 bits per heavy atom. The summed E-state index contributed by atoms with van der Waals surface area (Å²) < 4.78 is 4.84. The van der Waals surface area contributed by atoms with E-state index in [1.807, 2.05) is 9.80 Å². The van der Waals surface area contributed by atoms with Crippen molar-refractivity contribution in [2.24, 2.45) is 0 Å². The molecule has 0 unspecified atom stereocenters. The first-order chi connectivity index (χ1) is 31.4. The van der Waals surface area contributed by atoms with Crippen molar-refractivity contribution in [3.63, 3.8) is 0 Å². The maximum atomic E-state index is 13.8. The summed E-state index contributed by atoms with van der Waals surface area (Å²) in [6.07, 6.45) is 41.4. The topological polar surface area (TPSA) is 76.6 Å². The summed E-state index contributed by atoms with van der Waals surface area (Å²) in [7, 11) is 1.75. The van der Waals surface area contributed by atoms with E-state index in [4.69, 9.17) is 4.74 Å². The first kappa shape index (κ1) is 62.4. The summed E-state index contributed by atoms with van der Waals surface area (Å²) in [5, 5.41) is 0.